The molecule has 0 radical (unpaired) electrons. The average molecular weight is 288 g/mol. The first-order valence-corrected chi connectivity index (χ1v) is 7.52. The molecule has 0 saturated heterocycles. The monoisotopic (exact) mass is 288 g/mol. The third-order valence-electron chi connectivity index (χ3n) is 3.04. The zero-order valence-electron chi connectivity index (χ0n) is 11.5. The zero-order chi connectivity index (χ0) is 14.4. The molecule has 0 bridgehead atoms. The van der Waals surface area contributed by atoms with Crippen LogP contribution in [0.2, 0.25) is 0 Å². The van der Waals surface area contributed by atoms with E-state index in [4.69, 9.17) is 11.6 Å². The molecule has 2 rings (SSSR count). The van der Waals surface area contributed by atoms with Gasteiger partial charge in [-0.25, -0.2) is 4.98 Å². The van der Waals surface area contributed by atoms with Crippen LogP contribution >= 0.6 is 11.8 Å². The molecule has 1 aromatic carbocycles. The number of benzene rings is 1. The molecule has 2 aromatic rings. The third kappa shape index (κ3) is 4.52. The van der Waals surface area contributed by atoms with Gasteiger partial charge in [0.2, 0.25) is 0 Å². The zero-order valence-corrected chi connectivity index (χ0v) is 12.4. The largest absolute Gasteiger partial charge is 0.384 e. The maximum absolute atomic E-state index is 5.69. The molecule has 5 N–H and O–H groups in total. The third-order valence-corrected chi connectivity index (χ3v) is 4.21. The molecule has 0 fully saturated rings. The molecule has 106 valence electrons. The number of anilines is 1. The number of nitrogen functional groups attached to an aromatic ring is 1. The van der Waals surface area contributed by atoms with Crippen LogP contribution in [0.3, 0.4) is 0 Å². The van der Waals surface area contributed by atoms with Crippen LogP contribution in [0.4, 0.5) is 5.82 Å². The quantitative estimate of drug-likeness (QED) is 0.431. The van der Waals surface area contributed by atoms with Gasteiger partial charge in [0.25, 0.3) is 0 Å². The van der Waals surface area contributed by atoms with Gasteiger partial charge in [0.05, 0.1) is 0 Å². The number of hydrogen-bond acceptors (Lipinski definition) is 5. The van der Waals surface area contributed by atoms with Gasteiger partial charge in [0.15, 0.2) is 0 Å². The Kier molecular flexibility index (Phi) is 5.40. The smallest absolute Gasteiger partial charge is 0.123 e. The van der Waals surface area contributed by atoms with Gasteiger partial charge in [-0.15, -0.1) is 11.8 Å². The maximum Gasteiger partial charge on any atom is 0.123 e. The van der Waals surface area contributed by atoms with Gasteiger partial charge >= 0.3 is 0 Å². The molecule has 20 heavy (non-hydrogen) atoms. The normalized spacial score (nSPS) is 12.3. The van der Waals surface area contributed by atoms with E-state index >= 15 is 0 Å². The Bertz CT molecular complexity index is 542. The summed E-state index contributed by atoms with van der Waals surface area (Å²) in [6.07, 6.45) is 2.56. The first-order chi connectivity index (χ1) is 9.67. The summed E-state index contributed by atoms with van der Waals surface area (Å²) in [6.45, 7) is 2.09. The Labute approximate surface area is 123 Å². The number of thioether (sulfide) groups is 1. The molecule has 0 aliphatic rings. The van der Waals surface area contributed by atoms with Gasteiger partial charge in [-0.3, -0.25) is 11.3 Å². The summed E-state index contributed by atoms with van der Waals surface area (Å²) in [5, 5.41) is 0. The number of aryl methyl sites for hydroxylation is 1. The second kappa shape index (κ2) is 7.28. The minimum absolute atomic E-state index is 0.197. The van der Waals surface area contributed by atoms with Crippen LogP contribution in [-0.4, -0.2) is 16.8 Å². The Balaban J connectivity index is 1.90. The van der Waals surface area contributed by atoms with Crippen molar-refractivity contribution >= 4 is 17.6 Å². The van der Waals surface area contributed by atoms with Gasteiger partial charge in [-0.2, -0.15) is 0 Å². The summed E-state index contributed by atoms with van der Waals surface area (Å²) in [4.78, 5) is 5.25. The molecule has 0 amide bonds. The summed E-state index contributed by atoms with van der Waals surface area (Å²) in [6, 6.07) is 12.6. The van der Waals surface area contributed by atoms with Crippen molar-refractivity contribution in [1.29, 1.82) is 0 Å². The van der Waals surface area contributed by atoms with Crippen LogP contribution in [0, 0.1) is 6.92 Å². The van der Waals surface area contributed by atoms with Crippen molar-refractivity contribution in [2.24, 2.45) is 5.84 Å². The number of hydrogen-bond donors (Lipinski definition) is 3. The highest BCUT2D eigenvalue weighted by atomic mass is 32.2. The van der Waals surface area contributed by atoms with Crippen LogP contribution in [0.25, 0.3) is 0 Å². The number of nitrogens with zero attached hydrogens (tertiary/aromatic N) is 1. The molecule has 1 unspecified atom stereocenters. The van der Waals surface area contributed by atoms with Crippen molar-refractivity contribution in [3.05, 3.63) is 53.7 Å². The molecular weight excluding hydrogens is 268 g/mol. The van der Waals surface area contributed by atoms with E-state index in [0.29, 0.717) is 5.82 Å². The van der Waals surface area contributed by atoms with Gasteiger partial charge in [-0.05, 0) is 43.2 Å². The Morgan fingerprint density at radius 3 is 2.65 bits per heavy atom. The van der Waals surface area contributed by atoms with Crippen molar-refractivity contribution in [1.82, 2.24) is 10.4 Å². The first-order valence-electron chi connectivity index (χ1n) is 6.53. The lowest BCUT2D eigenvalue weighted by atomic mass is 10.1. The van der Waals surface area contributed by atoms with E-state index in [1.165, 1.54) is 10.5 Å². The Hall–Kier alpha value is -1.56. The molecule has 1 heterocycles. The predicted octanol–water partition coefficient (Wildman–Crippen LogP) is 2.14. The predicted molar refractivity (Wildman–Crippen MR) is 85.4 cm³/mol. The van der Waals surface area contributed by atoms with Crippen LogP contribution in [0.15, 0.2) is 47.5 Å². The number of nitrogens with two attached hydrogens (primary N) is 2. The summed E-state index contributed by atoms with van der Waals surface area (Å²) >= 11 is 1.80. The number of aromatic nitrogens is 1. The fourth-order valence-corrected chi connectivity index (χ4v) is 2.84. The molecule has 0 aliphatic heterocycles. The molecule has 1 atom stereocenters. The highest BCUT2D eigenvalue weighted by molar-refractivity contribution is 7.99. The van der Waals surface area contributed by atoms with Crippen molar-refractivity contribution in [3.63, 3.8) is 0 Å². The molecule has 0 aliphatic carbocycles. The van der Waals surface area contributed by atoms with Crippen LogP contribution in [0.1, 0.15) is 11.1 Å². The second-order valence-electron chi connectivity index (χ2n) is 4.78. The van der Waals surface area contributed by atoms with Gasteiger partial charge < -0.3 is 5.73 Å². The lowest BCUT2D eigenvalue weighted by Gasteiger charge is -2.15. The topological polar surface area (TPSA) is 77.0 Å². The number of rotatable bonds is 6. The van der Waals surface area contributed by atoms with Crippen molar-refractivity contribution in [2.75, 3.05) is 11.5 Å². The van der Waals surface area contributed by atoms with Crippen LogP contribution < -0.4 is 17.0 Å². The van der Waals surface area contributed by atoms with Crippen molar-refractivity contribution in [3.8, 4) is 0 Å². The highest BCUT2D eigenvalue weighted by Crippen LogP contribution is 2.20. The summed E-state index contributed by atoms with van der Waals surface area (Å²) in [7, 11) is 0. The molecule has 5 heteroatoms. The molecule has 0 spiro atoms. The van der Waals surface area contributed by atoms with E-state index < -0.39 is 0 Å². The number of pyridine rings is 1. The lowest BCUT2D eigenvalue weighted by Crippen LogP contribution is -2.38. The molecule has 4 nitrogen and oxygen atoms in total. The minimum Gasteiger partial charge on any atom is -0.384 e. The van der Waals surface area contributed by atoms with E-state index in [0.717, 1.165) is 17.7 Å². The number of hydrazine groups is 1. The van der Waals surface area contributed by atoms with E-state index in [2.05, 4.69) is 41.6 Å². The van der Waals surface area contributed by atoms with E-state index in [1.807, 2.05) is 12.1 Å². The first kappa shape index (κ1) is 14.8. The second-order valence-corrected chi connectivity index (χ2v) is 5.87. The molecule has 1 aromatic heterocycles. The van der Waals surface area contributed by atoms with E-state index in [9.17, 15) is 0 Å². The van der Waals surface area contributed by atoms with Gasteiger partial charge in [-0.1, -0.05) is 17.7 Å². The summed E-state index contributed by atoms with van der Waals surface area (Å²) in [5.41, 5.74) is 11.0. The summed E-state index contributed by atoms with van der Waals surface area (Å²) < 4.78 is 0. The SMILES string of the molecule is Cc1ccc(SCC(Cc2ccnc(N)c2)NN)cc1. The Morgan fingerprint density at radius 2 is 2.00 bits per heavy atom. The highest BCUT2D eigenvalue weighted by Gasteiger charge is 2.09. The van der Waals surface area contributed by atoms with E-state index in [1.54, 1.807) is 18.0 Å². The molecular formula is C15H20N4S. The maximum atomic E-state index is 5.69. The fraction of sp³-hybridized carbons (Fsp3) is 0.267. The number of nitrogens with one attached hydrogen (secondary N) is 1. The van der Waals surface area contributed by atoms with E-state index in [-0.39, 0.29) is 6.04 Å². The lowest BCUT2D eigenvalue weighted by molar-refractivity contribution is 0.575. The molecule has 0 saturated carbocycles. The minimum atomic E-state index is 0.197. The van der Waals surface area contributed by atoms with Crippen molar-refractivity contribution < 1.29 is 0 Å². The summed E-state index contributed by atoms with van der Waals surface area (Å²) in [5.74, 6) is 7.09. The standard InChI is InChI=1S/C15H20N4S/c1-11-2-4-14(5-3-11)20-10-13(19-17)8-12-6-7-18-15(16)9-12/h2-7,9,13,19H,8,10,17H2,1H3,(H2,16,18). The fourth-order valence-electron chi connectivity index (χ4n) is 1.90. The van der Waals surface area contributed by atoms with Crippen molar-refractivity contribution in [2.45, 2.75) is 24.3 Å². The van der Waals surface area contributed by atoms with Crippen LogP contribution in [0.5, 0.6) is 0 Å². The average Bonchev–Trinajstić information content (AvgIpc) is 2.45. The van der Waals surface area contributed by atoms with Crippen LogP contribution in [-0.2, 0) is 6.42 Å². The van der Waals surface area contributed by atoms with Gasteiger partial charge in [0, 0.05) is 22.9 Å². The van der Waals surface area contributed by atoms with Gasteiger partial charge in [0.1, 0.15) is 5.82 Å². The Morgan fingerprint density at radius 1 is 1.25 bits per heavy atom.